The van der Waals surface area contributed by atoms with Crippen LogP contribution in [0.4, 0.5) is 0 Å². The van der Waals surface area contributed by atoms with E-state index in [-0.39, 0.29) is 0 Å². The number of halogens is 1. The van der Waals surface area contributed by atoms with Crippen molar-refractivity contribution < 1.29 is 4.74 Å². The molecule has 1 atom stereocenters. The van der Waals surface area contributed by atoms with Crippen molar-refractivity contribution in [2.45, 2.75) is 25.8 Å². The van der Waals surface area contributed by atoms with E-state index in [1.807, 2.05) is 24.5 Å². The summed E-state index contributed by atoms with van der Waals surface area (Å²) in [4.78, 5) is 4.19. The van der Waals surface area contributed by atoms with Crippen LogP contribution >= 0.6 is 15.9 Å². The Hall–Kier alpha value is -1.39. The molecular formula is C17H21BrN2O. The minimum atomic E-state index is 0.402. The first kappa shape index (κ1) is 16.0. The fourth-order valence-electron chi connectivity index (χ4n) is 2.43. The summed E-state index contributed by atoms with van der Waals surface area (Å²) in [7, 11) is 1.68. The van der Waals surface area contributed by atoms with Crippen molar-refractivity contribution in [2.24, 2.45) is 0 Å². The summed E-state index contributed by atoms with van der Waals surface area (Å²) >= 11 is 3.55. The summed E-state index contributed by atoms with van der Waals surface area (Å²) in [6.07, 6.45) is 5.71. The standard InChI is InChI=1S/C17H21BrN2O/c1-3-20-15(10-14-5-4-8-19-12-14)9-13-6-7-17(21-2)16(18)11-13/h4-8,11-12,15,20H,3,9-10H2,1-2H3. The molecule has 1 unspecified atom stereocenters. The Morgan fingerprint density at radius 2 is 2.05 bits per heavy atom. The summed E-state index contributed by atoms with van der Waals surface area (Å²) in [6.45, 7) is 3.10. The molecule has 0 fully saturated rings. The summed E-state index contributed by atoms with van der Waals surface area (Å²) in [5.41, 5.74) is 2.55. The highest BCUT2D eigenvalue weighted by atomic mass is 79.9. The molecule has 1 N–H and O–H groups in total. The molecule has 0 spiro atoms. The monoisotopic (exact) mass is 348 g/mol. The van der Waals surface area contributed by atoms with Crippen molar-refractivity contribution in [1.82, 2.24) is 10.3 Å². The number of benzene rings is 1. The normalized spacial score (nSPS) is 12.1. The third-order valence-corrected chi connectivity index (χ3v) is 4.02. The Bertz CT molecular complexity index is 560. The third-order valence-electron chi connectivity index (χ3n) is 3.40. The number of ether oxygens (including phenoxy) is 1. The van der Waals surface area contributed by atoms with Gasteiger partial charge >= 0.3 is 0 Å². The molecule has 1 aromatic carbocycles. The van der Waals surface area contributed by atoms with Crippen LogP contribution in [-0.2, 0) is 12.8 Å². The van der Waals surface area contributed by atoms with E-state index < -0.39 is 0 Å². The minimum absolute atomic E-state index is 0.402. The maximum Gasteiger partial charge on any atom is 0.133 e. The van der Waals surface area contributed by atoms with E-state index in [9.17, 15) is 0 Å². The van der Waals surface area contributed by atoms with Crippen LogP contribution in [0.15, 0.2) is 47.2 Å². The van der Waals surface area contributed by atoms with Crippen LogP contribution in [-0.4, -0.2) is 24.7 Å². The Morgan fingerprint density at radius 3 is 2.67 bits per heavy atom. The second kappa shape index (κ2) is 8.15. The molecule has 0 saturated carbocycles. The van der Waals surface area contributed by atoms with E-state index in [0.29, 0.717) is 6.04 Å². The molecule has 0 aliphatic heterocycles. The molecule has 2 aromatic rings. The van der Waals surface area contributed by atoms with Gasteiger partial charge in [-0.3, -0.25) is 4.98 Å². The molecule has 21 heavy (non-hydrogen) atoms. The van der Waals surface area contributed by atoms with E-state index in [2.05, 4.69) is 51.4 Å². The van der Waals surface area contributed by atoms with Crippen LogP contribution < -0.4 is 10.1 Å². The first-order valence-electron chi connectivity index (χ1n) is 7.17. The lowest BCUT2D eigenvalue weighted by Crippen LogP contribution is -2.33. The average molecular weight is 349 g/mol. The number of methoxy groups -OCH3 is 1. The van der Waals surface area contributed by atoms with E-state index >= 15 is 0 Å². The molecule has 0 radical (unpaired) electrons. The van der Waals surface area contributed by atoms with E-state index in [1.54, 1.807) is 7.11 Å². The maximum absolute atomic E-state index is 5.28. The SMILES string of the molecule is CCNC(Cc1cccnc1)Cc1ccc(OC)c(Br)c1. The second-order valence-electron chi connectivity index (χ2n) is 4.99. The van der Waals surface area contributed by atoms with Gasteiger partial charge in [-0.15, -0.1) is 0 Å². The predicted octanol–water partition coefficient (Wildman–Crippen LogP) is 3.62. The van der Waals surface area contributed by atoms with Gasteiger partial charge in [-0.05, 0) is 64.6 Å². The highest BCUT2D eigenvalue weighted by Gasteiger charge is 2.11. The van der Waals surface area contributed by atoms with Crippen LogP contribution in [0.25, 0.3) is 0 Å². The second-order valence-corrected chi connectivity index (χ2v) is 5.85. The first-order chi connectivity index (χ1) is 10.2. The molecule has 4 heteroatoms. The zero-order chi connectivity index (χ0) is 15.1. The Labute approximate surface area is 134 Å². The van der Waals surface area contributed by atoms with Gasteiger partial charge in [-0.25, -0.2) is 0 Å². The maximum atomic E-state index is 5.28. The van der Waals surface area contributed by atoms with Crippen LogP contribution in [0.1, 0.15) is 18.1 Å². The van der Waals surface area contributed by atoms with Gasteiger partial charge in [0.15, 0.2) is 0 Å². The van der Waals surface area contributed by atoms with Gasteiger partial charge in [-0.1, -0.05) is 19.1 Å². The van der Waals surface area contributed by atoms with Crippen molar-refractivity contribution in [1.29, 1.82) is 0 Å². The molecule has 0 bridgehead atoms. The molecule has 0 aliphatic rings. The first-order valence-corrected chi connectivity index (χ1v) is 7.97. The van der Waals surface area contributed by atoms with Crippen LogP contribution in [0, 0.1) is 0 Å². The van der Waals surface area contributed by atoms with Crippen LogP contribution in [0.2, 0.25) is 0 Å². The van der Waals surface area contributed by atoms with Gasteiger partial charge in [0.25, 0.3) is 0 Å². The Balaban J connectivity index is 2.07. The van der Waals surface area contributed by atoms with Gasteiger partial charge in [0, 0.05) is 18.4 Å². The molecule has 3 nitrogen and oxygen atoms in total. The average Bonchev–Trinajstić information content (AvgIpc) is 2.49. The highest BCUT2D eigenvalue weighted by molar-refractivity contribution is 9.10. The Morgan fingerprint density at radius 1 is 1.24 bits per heavy atom. The lowest BCUT2D eigenvalue weighted by molar-refractivity contribution is 0.411. The number of nitrogens with zero attached hydrogens (tertiary/aromatic N) is 1. The molecule has 2 rings (SSSR count). The number of hydrogen-bond donors (Lipinski definition) is 1. The van der Waals surface area contributed by atoms with Crippen LogP contribution in [0.5, 0.6) is 5.75 Å². The molecule has 1 aromatic heterocycles. The lowest BCUT2D eigenvalue weighted by Gasteiger charge is -2.18. The van der Waals surface area contributed by atoms with Crippen LogP contribution in [0.3, 0.4) is 0 Å². The molecule has 0 amide bonds. The number of pyridine rings is 1. The fourth-order valence-corrected chi connectivity index (χ4v) is 3.02. The predicted molar refractivity (Wildman–Crippen MR) is 89.8 cm³/mol. The number of aromatic nitrogens is 1. The number of nitrogens with one attached hydrogen (secondary N) is 1. The van der Waals surface area contributed by atoms with Gasteiger partial charge in [0.1, 0.15) is 5.75 Å². The van der Waals surface area contributed by atoms with Gasteiger partial charge in [0.05, 0.1) is 11.6 Å². The smallest absolute Gasteiger partial charge is 0.133 e. The van der Waals surface area contributed by atoms with E-state index in [0.717, 1.165) is 29.6 Å². The summed E-state index contributed by atoms with van der Waals surface area (Å²) in [5, 5.41) is 3.55. The van der Waals surface area contributed by atoms with Crippen molar-refractivity contribution in [2.75, 3.05) is 13.7 Å². The lowest BCUT2D eigenvalue weighted by atomic mass is 10.00. The Kier molecular flexibility index (Phi) is 6.21. The minimum Gasteiger partial charge on any atom is -0.496 e. The topological polar surface area (TPSA) is 34.2 Å². The molecule has 1 heterocycles. The van der Waals surface area contributed by atoms with Crippen molar-refractivity contribution >= 4 is 15.9 Å². The summed E-state index contributed by atoms with van der Waals surface area (Å²) < 4.78 is 6.28. The molecule has 0 saturated heterocycles. The van der Waals surface area contributed by atoms with Crippen molar-refractivity contribution in [3.05, 3.63) is 58.3 Å². The highest BCUT2D eigenvalue weighted by Crippen LogP contribution is 2.26. The quantitative estimate of drug-likeness (QED) is 0.829. The van der Waals surface area contributed by atoms with Crippen molar-refractivity contribution in [3.8, 4) is 5.75 Å². The zero-order valence-electron chi connectivity index (χ0n) is 12.5. The molecular weight excluding hydrogens is 328 g/mol. The molecule has 112 valence electrons. The summed E-state index contributed by atoms with van der Waals surface area (Å²) in [5.74, 6) is 0.867. The number of rotatable bonds is 7. The van der Waals surface area contributed by atoms with E-state index in [4.69, 9.17) is 4.74 Å². The molecule has 0 aliphatic carbocycles. The number of hydrogen-bond acceptors (Lipinski definition) is 3. The van der Waals surface area contributed by atoms with E-state index in [1.165, 1.54) is 11.1 Å². The zero-order valence-corrected chi connectivity index (χ0v) is 14.1. The third kappa shape index (κ3) is 4.83. The van der Waals surface area contributed by atoms with Gasteiger partial charge in [-0.2, -0.15) is 0 Å². The van der Waals surface area contributed by atoms with Crippen molar-refractivity contribution in [3.63, 3.8) is 0 Å². The van der Waals surface area contributed by atoms with Gasteiger partial charge < -0.3 is 10.1 Å². The number of likely N-dealkylation sites (N-methyl/N-ethyl adjacent to an activating group) is 1. The van der Waals surface area contributed by atoms with Gasteiger partial charge in [0.2, 0.25) is 0 Å². The summed E-state index contributed by atoms with van der Waals surface area (Å²) in [6, 6.07) is 10.8. The fraction of sp³-hybridized carbons (Fsp3) is 0.353. The largest absolute Gasteiger partial charge is 0.496 e.